The minimum absolute atomic E-state index is 0.0678. The first-order chi connectivity index (χ1) is 6.09. The summed E-state index contributed by atoms with van der Waals surface area (Å²) in [5.41, 5.74) is 1.16. The number of benzene rings is 1. The number of rotatable bonds is 3. The van der Waals surface area contributed by atoms with Crippen LogP contribution in [0.3, 0.4) is 0 Å². The number of hydrogen-bond acceptors (Lipinski definition) is 1. The lowest BCUT2D eigenvalue weighted by molar-refractivity contribution is -0.116. The molecule has 1 aromatic rings. The van der Waals surface area contributed by atoms with Crippen LogP contribution in [0.4, 0.5) is 0 Å². The normalized spacial score (nSPS) is 12.5. The van der Waals surface area contributed by atoms with Crippen molar-refractivity contribution >= 4 is 37.6 Å². The highest BCUT2D eigenvalue weighted by Gasteiger charge is 2.09. The first-order valence-corrected chi connectivity index (χ1v) is 5.69. The van der Waals surface area contributed by atoms with Gasteiger partial charge in [-0.2, -0.15) is 0 Å². The zero-order valence-electron chi connectivity index (χ0n) is 7.26. The van der Waals surface area contributed by atoms with Gasteiger partial charge in [0.25, 0.3) is 0 Å². The van der Waals surface area contributed by atoms with Gasteiger partial charge in [-0.05, 0) is 31.0 Å². The molecule has 0 aromatic heterocycles. The lowest BCUT2D eigenvalue weighted by Crippen LogP contribution is -2.12. The smallest absolute Gasteiger partial charge is 0.143 e. The molecule has 0 N–H and O–H groups in total. The summed E-state index contributed by atoms with van der Waals surface area (Å²) < 4.78 is 1.05. The molecule has 1 nitrogen and oxygen atoms in total. The molecule has 0 bridgehead atoms. The molecule has 0 aliphatic carbocycles. The molecule has 0 amide bonds. The fraction of sp³-hybridized carbons (Fsp3) is 0.300. The molecule has 0 fully saturated rings. The van der Waals surface area contributed by atoms with Crippen molar-refractivity contribution in [3.8, 4) is 0 Å². The molecule has 0 aliphatic rings. The molecular weight excluding hydrogens is 296 g/mol. The Kier molecular flexibility index (Phi) is 4.13. The lowest BCUT2D eigenvalue weighted by Gasteiger charge is -2.05. The van der Waals surface area contributed by atoms with E-state index in [-0.39, 0.29) is 10.6 Å². The van der Waals surface area contributed by atoms with Crippen molar-refractivity contribution in [1.29, 1.82) is 0 Å². The molecule has 1 rings (SSSR count). The van der Waals surface area contributed by atoms with Crippen molar-refractivity contribution in [1.82, 2.24) is 0 Å². The van der Waals surface area contributed by atoms with E-state index < -0.39 is 0 Å². The van der Waals surface area contributed by atoms with E-state index in [1.54, 1.807) is 6.92 Å². The molecule has 1 atom stereocenters. The van der Waals surface area contributed by atoms with Gasteiger partial charge in [-0.15, -0.1) is 0 Å². The van der Waals surface area contributed by atoms with E-state index in [1.807, 2.05) is 24.3 Å². The fourth-order valence-electron chi connectivity index (χ4n) is 1.01. The van der Waals surface area contributed by atoms with E-state index in [9.17, 15) is 4.79 Å². The highest BCUT2D eigenvalue weighted by Crippen LogP contribution is 2.15. The summed E-state index contributed by atoms with van der Waals surface area (Å²) in [4.78, 5) is 10.9. The van der Waals surface area contributed by atoms with Crippen molar-refractivity contribution in [3.63, 3.8) is 0 Å². The number of hydrogen-bond donors (Lipinski definition) is 0. The Bertz CT molecular complexity index is 310. The quantitative estimate of drug-likeness (QED) is 0.783. The lowest BCUT2D eigenvalue weighted by atomic mass is 10.1. The molecule has 0 saturated carbocycles. The summed E-state index contributed by atoms with van der Waals surface area (Å²) in [6.45, 7) is 1.59. The number of Topliss-reactive ketones (excluding diaryl/α,β-unsaturated/α-hetero) is 1. The highest BCUT2D eigenvalue weighted by atomic mass is 79.9. The molecule has 0 radical (unpaired) electrons. The van der Waals surface area contributed by atoms with Crippen molar-refractivity contribution in [2.75, 3.05) is 0 Å². The molecule has 3 heteroatoms. The molecule has 0 heterocycles. The van der Waals surface area contributed by atoms with Gasteiger partial charge in [-0.1, -0.05) is 44.0 Å². The minimum atomic E-state index is -0.0678. The zero-order chi connectivity index (χ0) is 9.84. The van der Waals surface area contributed by atoms with Gasteiger partial charge in [-0.3, -0.25) is 4.79 Å². The van der Waals surface area contributed by atoms with Crippen LogP contribution in [0.2, 0.25) is 0 Å². The average molecular weight is 306 g/mol. The maximum absolute atomic E-state index is 11.0. The fourth-order valence-corrected chi connectivity index (χ4v) is 1.84. The predicted molar refractivity (Wildman–Crippen MR) is 61.2 cm³/mol. The van der Waals surface area contributed by atoms with Crippen LogP contribution in [0, 0.1) is 0 Å². The van der Waals surface area contributed by atoms with Gasteiger partial charge >= 0.3 is 0 Å². The summed E-state index contributed by atoms with van der Waals surface area (Å²) in [6, 6.07) is 7.99. The second-order valence-electron chi connectivity index (χ2n) is 2.91. The van der Waals surface area contributed by atoms with Gasteiger partial charge in [0, 0.05) is 4.47 Å². The van der Waals surface area contributed by atoms with Crippen LogP contribution < -0.4 is 0 Å². The van der Waals surface area contributed by atoms with Crippen LogP contribution in [0.1, 0.15) is 12.5 Å². The van der Waals surface area contributed by atoms with Crippen LogP contribution >= 0.6 is 31.9 Å². The Morgan fingerprint density at radius 2 is 2.23 bits per heavy atom. The molecule has 0 saturated heterocycles. The Balaban J connectivity index is 2.69. The van der Waals surface area contributed by atoms with E-state index in [0.29, 0.717) is 0 Å². The molecule has 0 aliphatic heterocycles. The standard InChI is InChI=1S/C10H10Br2O/c1-7(13)10(12)6-8-3-2-4-9(11)5-8/h2-5,10H,6H2,1H3/t10-/m1/s1. The number of ketones is 1. The second kappa shape index (κ2) is 4.91. The third-order valence-corrected chi connectivity index (χ3v) is 3.21. The number of carbonyl (C=O) groups excluding carboxylic acids is 1. The number of halogens is 2. The van der Waals surface area contributed by atoms with E-state index in [1.165, 1.54) is 0 Å². The Hall–Kier alpha value is -0.150. The summed E-state index contributed by atoms with van der Waals surface area (Å²) in [5.74, 6) is 0.167. The predicted octanol–water partition coefficient (Wildman–Crippen LogP) is 3.34. The molecule has 70 valence electrons. The number of alkyl halides is 1. The van der Waals surface area contributed by atoms with Crippen molar-refractivity contribution in [2.45, 2.75) is 18.2 Å². The Morgan fingerprint density at radius 3 is 2.77 bits per heavy atom. The Morgan fingerprint density at radius 1 is 1.54 bits per heavy atom. The molecule has 0 unspecified atom stereocenters. The van der Waals surface area contributed by atoms with E-state index in [4.69, 9.17) is 0 Å². The largest absolute Gasteiger partial charge is 0.299 e. The van der Waals surface area contributed by atoms with Crippen LogP contribution in [0.5, 0.6) is 0 Å². The maximum atomic E-state index is 11.0. The van der Waals surface area contributed by atoms with E-state index in [0.717, 1.165) is 16.5 Å². The molecular formula is C10H10Br2O. The van der Waals surface area contributed by atoms with Crippen molar-refractivity contribution in [2.24, 2.45) is 0 Å². The SMILES string of the molecule is CC(=O)[C@H](Br)Cc1cccc(Br)c1. The average Bonchev–Trinajstić information content (AvgIpc) is 2.04. The third kappa shape index (κ3) is 3.61. The van der Waals surface area contributed by atoms with Gasteiger partial charge in [0.2, 0.25) is 0 Å². The highest BCUT2D eigenvalue weighted by molar-refractivity contribution is 9.10. The molecule has 0 spiro atoms. The van der Waals surface area contributed by atoms with Crippen LogP contribution in [0.15, 0.2) is 28.7 Å². The third-order valence-electron chi connectivity index (χ3n) is 1.75. The van der Waals surface area contributed by atoms with Crippen molar-refractivity contribution < 1.29 is 4.79 Å². The first kappa shape index (κ1) is 10.9. The first-order valence-electron chi connectivity index (χ1n) is 3.98. The van der Waals surface area contributed by atoms with Gasteiger partial charge in [0.05, 0.1) is 4.83 Å². The summed E-state index contributed by atoms with van der Waals surface area (Å²) in [7, 11) is 0. The maximum Gasteiger partial charge on any atom is 0.143 e. The van der Waals surface area contributed by atoms with Crippen LogP contribution in [-0.2, 0) is 11.2 Å². The monoisotopic (exact) mass is 304 g/mol. The summed E-state index contributed by atoms with van der Waals surface area (Å²) >= 11 is 6.73. The van der Waals surface area contributed by atoms with E-state index >= 15 is 0 Å². The van der Waals surface area contributed by atoms with Gasteiger partial charge in [0.1, 0.15) is 5.78 Å². The van der Waals surface area contributed by atoms with Crippen molar-refractivity contribution in [3.05, 3.63) is 34.3 Å². The van der Waals surface area contributed by atoms with Crippen LogP contribution in [0.25, 0.3) is 0 Å². The topological polar surface area (TPSA) is 17.1 Å². The zero-order valence-corrected chi connectivity index (χ0v) is 10.4. The molecule has 1 aromatic carbocycles. The summed E-state index contributed by atoms with van der Waals surface area (Å²) in [5, 5.41) is 0. The summed E-state index contributed by atoms with van der Waals surface area (Å²) in [6.07, 6.45) is 0.745. The minimum Gasteiger partial charge on any atom is -0.299 e. The van der Waals surface area contributed by atoms with Gasteiger partial charge in [0.15, 0.2) is 0 Å². The molecule has 13 heavy (non-hydrogen) atoms. The Labute approximate surface area is 94.8 Å². The van der Waals surface area contributed by atoms with Gasteiger partial charge < -0.3 is 0 Å². The van der Waals surface area contributed by atoms with Gasteiger partial charge in [-0.25, -0.2) is 0 Å². The van der Waals surface area contributed by atoms with Crippen LogP contribution in [-0.4, -0.2) is 10.6 Å². The van der Waals surface area contributed by atoms with E-state index in [2.05, 4.69) is 31.9 Å². The number of carbonyl (C=O) groups is 1. The second-order valence-corrected chi connectivity index (χ2v) is 4.93.